The predicted molar refractivity (Wildman–Crippen MR) is 77.2 cm³/mol. The fourth-order valence-corrected chi connectivity index (χ4v) is 1.81. The first-order valence-electron chi connectivity index (χ1n) is 7.10. The van der Waals surface area contributed by atoms with Gasteiger partial charge in [0.25, 0.3) is 0 Å². The Hall–Kier alpha value is -2.01. The standard InChI is InChI=1S/C15H11N3O.2ClHO4.Cu.H2O/c19-11-9-14(12-5-1-3-7-16-12)18-15(10-11)13-6-2-4-8-17-13;2*2-1(3,4)5;;/h1-10H,(H,18,19);2*(H,2,3,4,5);;1H2/q;;;+2;/p-1. The van der Waals surface area contributed by atoms with Crippen molar-refractivity contribution in [2.45, 2.75) is 0 Å². The third kappa shape index (κ3) is 16.4. The maximum atomic E-state index is 9.82. The van der Waals surface area contributed by atoms with E-state index in [1.54, 1.807) is 24.5 Å². The molecule has 4 N–H and O–H groups in total. The smallest absolute Gasteiger partial charge is 0.508 e. The molecule has 31 heavy (non-hydrogen) atoms. The van der Waals surface area contributed by atoms with Gasteiger partial charge in [0, 0.05) is 24.5 Å². The molecule has 173 valence electrons. The van der Waals surface area contributed by atoms with Gasteiger partial charge in [-0.05, 0) is 24.3 Å². The number of aromatic hydroxyl groups is 1. The van der Waals surface area contributed by atoms with Gasteiger partial charge >= 0.3 is 17.1 Å². The molecule has 0 saturated heterocycles. The van der Waals surface area contributed by atoms with Crippen molar-refractivity contribution >= 4 is 0 Å². The quantitative estimate of drug-likeness (QED) is 0.239. The summed E-state index contributed by atoms with van der Waals surface area (Å²) in [6, 6.07) is 14.3. The van der Waals surface area contributed by atoms with E-state index in [9.17, 15) is 5.11 Å². The minimum absolute atomic E-state index is 0. The summed E-state index contributed by atoms with van der Waals surface area (Å²) >= 11 is 0. The van der Waals surface area contributed by atoms with Gasteiger partial charge in [-0.2, -0.15) is 0 Å². The van der Waals surface area contributed by atoms with E-state index in [1.807, 2.05) is 36.4 Å². The molecule has 0 aliphatic carbocycles. The van der Waals surface area contributed by atoms with E-state index in [0.717, 1.165) is 11.4 Å². The molecule has 16 heteroatoms. The fraction of sp³-hybridized carbons (Fsp3) is 0. The topological polar surface area (TPSA) is 276 Å². The largest absolute Gasteiger partial charge is 2.00 e. The number of hydrogen-bond donors (Lipinski definition) is 1. The minimum Gasteiger partial charge on any atom is -0.508 e. The summed E-state index contributed by atoms with van der Waals surface area (Å²) in [5.74, 6) is 0.149. The summed E-state index contributed by atoms with van der Waals surface area (Å²) in [5.41, 5.74) is 2.69. The Kier molecular flexibility index (Phi) is 14.2. The number of nitrogens with zero attached hydrogens (tertiary/aromatic N) is 3. The third-order valence-corrected chi connectivity index (χ3v) is 2.66. The van der Waals surface area contributed by atoms with Crippen LogP contribution in [0, 0.1) is 20.5 Å². The van der Waals surface area contributed by atoms with Crippen LogP contribution < -0.4 is 37.3 Å². The molecular formula is C15H14Cl2CuN3O10+. The normalized spacial score (nSPS) is 10.2. The zero-order chi connectivity index (χ0) is 22.1. The van der Waals surface area contributed by atoms with Crippen LogP contribution in [0.5, 0.6) is 5.75 Å². The van der Waals surface area contributed by atoms with Crippen molar-refractivity contribution < 1.29 is 85.4 Å². The number of halogens is 2. The van der Waals surface area contributed by atoms with Gasteiger partial charge in [-0.25, -0.2) is 42.3 Å². The Morgan fingerprint density at radius 1 is 0.613 bits per heavy atom. The molecule has 1 radical (unpaired) electrons. The first-order valence-corrected chi connectivity index (χ1v) is 9.57. The van der Waals surface area contributed by atoms with Crippen molar-refractivity contribution in [3.8, 4) is 28.5 Å². The Balaban J connectivity index is 0. The second-order valence-corrected chi connectivity index (χ2v) is 6.29. The first kappa shape index (κ1) is 31.2. The fourth-order valence-electron chi connectivity index (χ4n) is 1.81. The van der Waals surface area contributed by atoms with Gasteiger partial charge < -0.3 is 10.6 Å². The van der Waals surface area contributed by atoms with E-state index in [4.69, 9.17) is 37.3 Å². The van der Waals surface area contributed by atoms with Crippen LogP contribution in [0.3, 0.4) is 0 Å². The van der Waals surface area contributed by atoms with Crippen molar-refractivity contribution in [1.29, 1.82) is 0 Å². The summed E-state index contributed by atoms with van der Waals surface area (Å²) in [4.78, 5) is 13.0. The molecule has 0 bridgehead atoms. The number of rotatable bonds is 2. The molecule has 0 amide bonds. The van der Waals surface area contributed by atoms with Crippen LogP contribution >= 0.6 is 0 Å². The molecule has 0 spiro atoms. The number of hydrogen-bond acceptors (Lipinski definition) is 12. The molecule has 0 aliphatic heterocycles. The molecule has 0 saturated carbocycles. The zero-order valence-electron chi connectivity index (χ0n) is 15.0. The minimum atomic E-state index is -4.94. The van der Waals surface area contributed by atoms with E-state index in [0.29, 0.717) is 11.4 Å². The summed E-state index contributed by atoms with van der Waals surface area (Å²) < 4.78 is 67.9. The van der Waals surface area contributed by atoms with Crippen LogP contribution in [-0.4, -0.2) is 20.1 Å². The van der Waals surface area contributed by atoms with Gasteiger partial charge in [-0.1, -0.05) is 12.1 Å². The van der Waals surface area contributed by atoms with Crippen LogP contribution in [0.1, 0.15) is 0 Å². The SMILES string of the molecule is Oc1cc(-c2ccccn2)nc(-c2ccccn2)c1.[Cu+2].[O-][Cl+3]([O-])([O-])[O-].[O-][Cl+3]([O-])([O-])[O-].[OH3+]. The van der Waals surface area contributed by atoms with Crippen molar-refractivity contribution in [1.82, 2.24) is 15.0 Å². The van der Waals surface area contributed by atoms with Crippen LogP contribution in [-0.2, 0) is 22.5 Å². The van der Waals surface area contributed by atoms with E-state index in [-0.39, 0.29) is 28.3 Å². The van der Waals surface area contributed by atoms with Crippen LogP contribution in [0.15, 0.2) is 60.9 Å². The summed E-state index contributed by atoms with van der Waals surface area (Å²) in [5, 5.41) is 9.82. The van der Waals surface area contributed by atoms with E-state index < -0.39 is 20.5 Å². The van der Waals surface area contributed by atoms with Gasteiger partial charge in [0.2, 0.25) is 0 Å². The Labute approximate surface area is 189 Å². The van der Waals surface area contributed by atoms with Gasteiger partial charge in [0.1, 0.15) is 5.75 Å². The van der Waals surface area contributed by atoms with E-state index in [2.05, 4.69) is 15.0 Å². The van der Waals surface area contributed by atoms with Crippen molar-refractivity contribution in [2.75, 3.05) is 0 Å². The van der Waals surface area contributed by atoms with E-state index >= 15 is 0 Å². The van der Waals surface area contributed by atoms with Gasteiger partial charge in [0.15, 0.2) is 0 Å². The van der Waals surface area contributed by atoms with Crippen molar-refractivity contribution in [2.24, 2.45) is 0 Å². The average Bonchev–Trinajstić information content (AvgIpc) is 2.60. The maximum absolute atomic E-state index is 9.82. The molecular weight excluding hydrogens is 517 g/mol. The molecule has 0 fully saturated rings. The Bertz CT molecular complexity index is 802. The van der Waals surface area contributed by atoms with Crippen LogP contribution in [0.2, 0.25) is 0 Å². The maximum Gasteiger partial charge on any atom is 2.00 e. The zero-order valence-corrected chi connectivity index (χ0v) is 17.4. The molecule has 3 aromatic rings. The monoisotopic (exact) mass is 529 g/mol. The first-order chi connectivity index (χ1) is 13.3. The molecule has 0 aliphatic rings. The van der Waals surface area contributed by atoms with Gasteiger partial charge in [-0.3, -0.25) is 9.97 Å². The summed E-state index contributed by atoms with van der Waals surface area (Å²) in [7, 11) is -9.89. The van der Waals surface area contributed by atoms with Gasteiger partial charge in [0.05, 0.1) is 22.8 Å². The molecule has 3 heterocycles. The summed E-state index contributed by atoms with van der Waals surface area (Å²) in [6.07, 6.45) is 3.39. The molecule has 3 aromatic heterocycles. The molecule has 13 nitrogen and oxygen atoms in total. The number of pyridine rings is 3. The van der Waals surface area contributed by atoms with Crippen molar-refractivity contribution in [3.05, 3.63) is 60.9 Å². The van der Waals surface area contributed by atoms with Crippen LogP contribution in [0.4, 0.5) is 0 Å². The third-order valence-electron chi connectivity index (χ3n) is 2.66. The Morgan fingerprint density at radius 3 is 1.19 bits per heavy atom. The number of aromatic nitrogens is 3. The molecule has 3 rings (SSSR count). The second kappa shape index (κ2) is 14.1. The molecule has 0 unspecified atom stereocenters. The molecule has 0 atom stereocenters. The molecule has 0 aromatic carbocycles. The average molecular weight is 531 g/mol. The summed E-state index contributed by atoms with van der Waals surface area (Å²) in [6.45, 7) is 0. The second-order valence-electron chi connectivity index (χ2n) is 4.78. The van der Waals surface area contributed by atoms with E-state index in [1.165, 1.54) is 0 Å². The van der Waals surface area contributed by atoms with Crippen molar-refractivity contribution in [3.63, 3.8) is 0 Å². The van der Waals surface area contributed by atoms with Gasteiger partial charge in [-0.15, -0.1) is 20.5 Å². The predicted octanol–water partition coefficient (Wildman–Crippen LogP) is -7.53. The Morgan fingerprint density at radius 2 is 0.935 bits per heavy atom. The van der Waals surface area contributed by atoms with Crippen LogP contribution in [0.25, 0.3) is 22.8 Å².